The van der Waals surface area contributed by atoms with Gasteiger partial charge in [0.25, 0.3) is 5.56 Å². The van der Waals surface area contributed by atoms with Crippen molar-refractivity contribution in [1.29, 1.82) is 0 Å². The summed E-state index contributed by atoms with van der Waals surface area (Å²) in [5, 5.41) is 0. The van der Waals surface area contributed by atoms with Gasteiger partial charge in [0.05, 0.1) is 25.8 Å². The van der Waals surface area contributed by atoms with Gasteiger partial charge in [-0.1, -0.05) is 18.2 Å². The molecule has 3 heterocycles. The summed E-state index contributed by atoms with van der Waals surface area (Å²) in [5.41, 5.74) is 0.531. The summed E-state index contributed by atoms with van der Waals surface area (Å²) in [4.78, 5) is 34.7. The van der Waals surface area contributed by atoms with Crippen LogP contribution in [0.3, 0.4) is 0 Å². The summed E-state index contributed by atoms with van der Waals surface area (Å²) in [6.45, 7) is 2.03. The molecule has 0 spiro atoms. The summed E-state index contributed by atoms with van der Waals surface area (Å²) in [5.74, 6) is 1.16. The van der Waals surface area contributed by atoms with Gasteiger partial charge in [-0.25, -0.2) is 4.79 Å². The molecular formula is C29H28F3N5O3. The highest BCUT2D eigenvalue weighted by atomic mass is 19.4. The molecule has 1 aliphatic heterocycles. The smallest absolute Gasteiger partial charge is 0.416 e. The van der Waals surface area contributed by atoms with E-state index in [9.17, 15) is 22.8 Å². The van der Waals surface area contributed by atoms with Gasteiger partial charge in [0.15, 0.2) is 0 Å². The molecule has 0 unspecified atom stereocenters. The van der Waals surface area contributed by atoms with Crippen LogP contribution in [0, 0.1) is 0 Å². The maximum atomic E-state index is 13.7. The molecular weight excluding hydrogens is 523 g/mol. The molecule has 5 rings (SSSR count). The molecule has 2 aromatic carbocycles. The van der Waals surface area contributed by atoms with Gasteiger partial charge < -0.3 is 14.5 Å². The van der Waals surface area contributed by atoms with E-state index >= 15 is 0 Å². The van der Waals surface area contributed by atoms with Crippen LogP contribution < -0.4 is 25.8 Å². The molecule has 208 valence electrons. The predicted octanol–water partition coefficient (Wildman–Crippen LogP) is 3.86. The Morgan fingerprint density at radius 2 is 1.43 bits per heavy atom. The standard InChI is InChI=1S/C29H28F3N5O3/c1-40-25-7-5-21(6-8-25)19-36-26(18-27(38)37(28(36)39)20-22-9-11-33-12-10-22)35-15-13-34(14-16-35)24-4-2-3-23(17-24)29(30,31)32/h2-12,17-18H,13-16,19-20H2,1H3. The van der Waals surface area contributed by atoms with Crippen molar-refractivity contribution in [2.75, 3.05) is 43.1 Å². The fourth-order valence-electron chi connectivity index (χ4n) is 4.82. The minimum atomic E-state index is -4.42. The second kappa shape index (κ2) is 11.3. The van der Waals surface area contributed by atoms with Gasteiger partial charge in [-0.15, -0.1) is 0 Å². The Kier molecular flexibility index (Phi) is 7.63. The van der Waals surface area contributed by atoms with E-state index in [-0.39, 0.29) is 13.1 Å². The fraction of sp³-hybridized carbons (Fsp3) is 0.276. The number of aromatic nitrogens is 3. The topological polar surface area (TPSA) is 72.6 Å². The van der Waals surface area contributed by atoms with Gasteiger partial charge >= 0.3 is 11.9 Å². The molecule has 1 aliphatic rings. The van der Waals surface area contributed by atoms with E-state index in [1.165, 1.54) is 16.7 Å². The largest absolute Gasteiger partial charge is 0.497 e. The molecule has 0 N–H and O–H groups in total. The molecule has 1 saturated heterocycles. The van der Waals surface area contributed by atoms with Crippen molar-refractivity contribution in [1.82, 2.24) is 14.1 Å². The first kappa shape index (κ1) is 27.0. The number of anilines is 2. The number of hydrogen-bond acceptors (Lipinski definition) is 6. The zero-order chi connectivity index (χ0) is 28.3. The van der Waals surface area contributed by atoms with Crippen LogP contribution in [0.15, 0.2) is 88.7 Å². The van der Waals surface area contributed by atoms with E-state index in [0.29, 0.717) is 43.4 Å². The lowest BCUT2D eigenvalue weighted by Crippen LogP contribution is -2.50. The number of ether oxygens (including phenoxy) is 1. The van der Waals surface area contributed by atoms with Crippen LogP contribution in [0.4, 0.5) is 24.7 Å². The lowest BCUT2D eigenvalue weighted by molar-refractivity contribution is -0.137. The van der Waals surface area contributed by atoms with Crippen molar-refractivity contribution in [3.63, 3.8) is 0 Å². The molecule has 2 aromatic heterocycles. The van der Waals surface area contributed by atoms with Gasteiger partial charge in [-0.2, -0.15) is 13.2 Å². The normalized spacial score (nSPS) is 13.9. The van der Waals surface area contributed by atoms with Crippen molar-refractivity contribution in [2.45, 2.75) is 19.3 Å². The Bertz CT molecular complexity index is 1580. The number of rotatable bonds is 7. The number of methoxy groups -OCH3 is 1. The predicted molar refractivity (Wildman–Crippen MR) is 146 cm³/mol. The Hall–Kier alpha value is -4.54. The third-order valence-corrected chi connectivity index (χ3v) is 6.99. The number of piperazine rings is 1. The number of nitrogens with zero attached hydrogens (tertiary/aromatic N) is 5. The average Bonchev–Trinajstić information content (AvgIpc) is 2.97. The van der Waals surface area contributed by atoms with Crippen molar-refractivity contribution in [3.8, 4) is 5.75 Å². The fourth-order valence-corrected chi connectivity index (χ4v) is 4.82. The number of benzene rings is 2. The lowest BCUT2D eigenvalue weighted by atomic mass is 10.1. The average molecular weight is 552 g/mol. The Morgan fingerprint density at radius 1 is 0.800 bits per heavy atom. The van der Waals surface area contributed by atoms with Gasteiger partial charge in [0.2, 0.25) is 0 Å². The highest BCUT2D eigenvalue weighted by Gasteiger charge is 2.31. The van der Waals surface area contributed by atoms with Crippen molar-refractivity contribution < 1.29 is 17.9 Å². The third kappa shape index (κ3) is 5.88. The molecule has 11 heteroatoms. The zero-order valence-electron chi connectivity index (χ0n) is 21.8. The number of pyridine rings is 1. The molecule has 4 aromatic rings. The van der Waals surface area contributed by atoms with Crippen molar-refractivity contribution in [3.05, 3.63) is 117 Å². The molecule has 40 heavy (non-hydrogen) atoms. The van der Waals surface area contributed by atoms with Crippen LogP contribution in [-0.2, 0) is 19.3 Å². The number of hydrogen-bond donors (Lipinski definition) is 0. The van der Waals surface area contributed by atoms with E-state index in [2.05, 4.69) is 4.98 Å². The quantitative estimate of drug-likeness (QED) is 0.348. The van der Waals surface area contributed by atoms with E-state index < -0.39 is 23.0 Å². The van der Waals surface area contributed by atoms with Crippen LogP contribution in [0.2, 0.25) is 0 Å². The lowest BCUT2D eigenvalue weighted by Gasteiger charge is -2.38. The first-order valence-corrected chi connectivity index (χ1v) is 12.8. The van der Waals surface area contributed by atoms with Crippen LogP contribution in [-0.4, -0.2) is 47.4 Å². The second-order valence-electron chi connectivity index (χ2n) is 9.52. The van der Waals surface area contributed by atoms with E-state index in [1.807, 2.05) is 21.9 Å². The summed E-state index contributed by atoms with van der Waals surface area (Å²) >= 11 is 0. The maximum absolute atomic E-state index is 13.7. The van der Waals surface area contributed by atoms with Gasteiger partial charge in [0.1, 0.15) is 11.6 Å². The second-order valence-corrected chi connectivity index (χ2v) is 9.52. The minimum absolute atomic E-state index is 0.104. The van der Waals surface area contributed by atoms with E-state index in [1.54, 1.807) is 54.4 Å². The Balaban J connectivity index is 1.45. The Morgan fingerprint density at radius 3 is 2.08 bits per heavy atom. The third-order valence-electron chi connectivity index (χ3n) is 6.99. The van der Waals surface area contributed by atoms with Crippen LogP contribution >= 0.6 is 0 Å². The van der Waals surface area contributed by atoms with Gasteiger partial charge in [-0.05, 0) is 53.6 Å². The maximum Gasteiger partial charge on any atom is 0.416 e. The highest BCUT2D eigenvalue weighted by molar-refractivity contribution is 5.52. The van der Waals surface area contributed by atoms with Crippen molar-refractivity contribution in [2.24, 2.45) is 0 Å². The molecule has 0 bridgehead atoms. The zero-order valence-corrected chi connectivity index (χ0v) is 21.8. The first-order chi connectivity index (χ1) is 19.2. The van der Waals surface area contributed by atoms with Crippen LogP contribution in [0.1, 0.15) is 16.7 Å². The van der Waals surface area contributed by atoms with E-state index in [0.717, 1.165) is 23.3 Å². The molecule has 0 amide bonds. The molecule has 0 atom stereocenters. The summed E-state index contributed by atoms with van der Waals surface area (Å²) in [6.07, 6.45) is -1.21. The highest BCUT2D eigenvalue weighted by Crippen LogP contribution is 2.32. The first-order valence-electron chi connectivity index (χ1n) is 12.8. The SMILES string of the molecule is COc1ccc(Cn2c(N3CCN(c4cccc(C(F)(F)F)c4)CC3)cc(=O)n(Cc3ccncc3)c2=O)cc1. The minimum Gasteiger partial charge on any atom is -0.497 e. The van der Waals surface area contributed by atoms with Gasteiger partial charge in [-0.3, -0.25) is 18.9 Å². The summed E-state index contributed by atoms with van der Waals surface area (Å²) < 4.78 is 47.7. The number of halogens is 3. The Labute approximate surface area is 228 Å². The molecule has 0 saturated carbocycles. The molecule has 0 aliphatic carbocycles. The van der Waals surface area contributed by atoms with Crippen LogP contribution in [0.5, 0.6) is 5.75 Å². The van der Waals surface area contributed by atoms with Gasteiger partial charge in [0, 0.05) is 50.3 Å². The summed E-state index contributed by atoms with van der Waals surface area (Å²) in [6, 6.07) is 17.6. The molecule has 1 fully saturated rings. The molecule has 8 nitrogen and oxygen atoms in total. The van der Waals surface area contributed by atoms with E-state index in [4.69, 9.17) is 4.74 Å². The molecule has 0 radical (unpaired) electrons. The summed E-state index contributed by atoms with van der Waals surface area (Å²) in [7, 11) is 1.58. The number of alkyl halides is 3. The van der Waals surface area contributed by atoms with Crippen LogP contribution in [0.25, 0.3) is 0 Å². The monoisotopic (exact) mass is 551 g/mol. The van der Waals surface area contributed by atoms with Crippen molar-refractivity contribution >= 4 is 11.5 Å².